The average molecular weight is 232 g/mol. The molecule has 0 radical (unpaired) electrons. The highest BCUT2D eigenvalue weighted by atomic mass is 16.2. The minimum absolute atomic E-state index is 0.110. The van der Waals surface area contributed by atoms with Gasteiger partial charge in [0.2, 0.25) is 5.91 Å². The van der Waals surface area contributed by atoms with Gasteiger partial charge in [-0.05, 0) is 12.1 Å². The Kier molecular flexibility index (Phi) is 3.67. The van der Waals surface area contributed by atoms with Crippen LogP contribution in [0.25, 0.3) is 0 Å². The molecule has 1 amide bonds. The molecule has 1 saturated heterocycles. The second kappa shape index (κ2) is 5.21. The number of amides is 1. The summed E-state index contributed by atoms with van der Waals surface area (Å²) in [5.41, 5.74) is 1.25. The van der Waals surface area contributed by atoms with Crippen molar-refractivity contribution in [3.63, 3.8) is 0 Å². The van der Waals surface area contributed by atoms with Gasteiger partial charge in [-0.1, -0.05) is 32.0 Å². The number of nitrogens with zero attached hydrogens (tertiary/aromatic N) is 2. The number of benzene rings is 1. The summed E-state index contributed by atoms with van der Waals surface area (Å²) < 4.78 is 0. The summed E-state index contributed by atoms with van der Waals surface area (Å²) in [5.74, 6) is 0.385. The molecule has 0 unspecified atom stereocenters. The van der Waals surface area contributed by atoms with E-state index < -0.39 is 0 Å². The lowest BCUT2D eigenvalue weighted by Gasteiger charge is -2.36. The van der Waals surface area contributed by atoms with E-state index in [2.05, 4.69) is 29.2 Å². The summed E-state index contributed by atoms with van der Waals surface area (Å²) in [6, 6.07) is 10.4. The molecule has 1 aromatic carbocycles. The van der Waals surface area contributed by atoms with Gasteiger partial charge in [0.05, 0.1) is 0 Å². The SMILES string of the molecule is CC(C)C(=O)N1CCN(c2ccccc2)CC1. The third kappa shape index (κ3) is 2.78. The van der Waals surface area contributed by atoms with Crippen molar-refractivity contribution in [2.24, 2.45) is 5.92 Å². The predicted molar refractivity (Wildman–Crippen MR) is 70.1 cm³/mol. The number of anilines is 1. The Hall–Kier alpha value is -1.51. The van der Waals surface area contributed by atoms with Crippen molar-refractivity contribution in [3.05, 3.63) is 30.3 Å². The van der Waals surface area contributed by atoms with Gasteiger partial charge >= 0.3 is 0 Å². The van der Waals surface area contributed by atoms with Gasteiger partial charge in [-0.2, -0.15) is 0 Å². The van der Waals surface area contributed by atoms with E-state index in [1.165, 1.54) is 5.69 Å². The van der Waals surface area contributed by atoms with E-state index in [1.807, 2.05) is 24.8 Å². The fourth-order valence-electron chi connectivity index (χ4n) is 2.19. The summed E-state index contributed by atoms with van der Waals surface area (Å²) in [7, 11) is 0. The first-order chi connectivity index (χ1) is 8.18. The van der Waals surface area contributed by atoms with Crippen LogP contribution in [0.3, 0.4) is 0 Å². The van der Waals surface area contributed by atoms with Crippen LogP contribution in [0.5, 0.6) is 0 Å². The third-order valence-corrected chi connectivity index (χ3v) is 3.21. The Morgan fingerprint density at radius 2 is 1.65 bits per heavy atom. The van der Waals surface area contributed by atoms with Crippen molar-refractivity contribution in [2.75, 3.05) is 31.1 Å². The number of piperazine rings is 1. The van der Waals surface area contributed by atoms with Crippen LogP contribution in [0.4, 0.5) is 5.69 Å². The van der Waals surface area contributed by atoms with Crippen molar-refractivity contribution in [1.82, 2.24) is 4.90 Å². The molecule has 1 fully saturated rings. The monoisotopic (exact) mass is 232 g/mol. The molecular weight excluding hydrogens is 212 g/mol. The fourth-order valence-corrected chi connectivity index (χ4v) is 2.19. The summed E-state index contributed by atoms with van der Waals surface area (Å²) in [5, 5.41) is 0. The molecule has 1 aromatic rings. The zero-order valence-corrected chi connectivity index (χ0v) is 10.6. The van der Waals surface area contributed by atoms with E-state index in [1.54, 1.807) is 0 Å². The van der Waals surface area contributed by atoms with Crippen molar-refractivity contribution in [1.29, 1.82) is 0 Å². The lowest BCUT2D eigenvalue weighted by molar-refractivity contribution is -0.134. The molecule has 0 atom stereocenters. The first kappa shape index (κ1) is 12.0. The zero-order valence-electron chi connectivity index (χ0n) is 10.6. The molecule has 1 heterocycles. The van der Waals surface area contributed by atoms with Crippen LogP contribution in [0.2, 0.25) is 0 Å². The van der Waals surface area contributed by atoms with Gasteiger partial charge in [0, 0.05) is 37.8 Å². The molecule has 1 aliphatic heterocycles. The van der Waals surface area contributed by atoms with E-state index in [9.17, 15) is 4.79 Å². The van der Waals surface area contributed by atoms with Crippen molar-refractivity contribution in [3.8, 4) is 0 Å². The minimum Gasteiger partial charge on any atom is -0.368 e. The van der Waals surface area contributed by atoms with E-state index >= 15 is 0 Å². The van der Waals surface area contributed by atoms with Crippen LogP contribution in [-0.4, -0.2) is 37.0 Å². The minimum atomic E-state index is 0.110. The average Bonchev–Trinajstić information content (AvgIpc) is 2.39. The summed E-state index contributed by atoms with van der Waals surface area (Å²) in [6.07, 6.45) is 0. The van der Waals surface area contributed by atoms with Gasteiger partial charge in [0.15, 0.2) is 0 Å². The number of carbonyl (C=O) groups is 1. The Morgan fingerprint density at radius 3 is 2.18 bits per heavy atom. The van der Waals surface area contributed by atoms with Crippen LogP contribution in [-0.2, 0) is 4.79 Å². The molecular formula is C14H20N2O. The standard InChI is InChI=1S/C14H20N2O/c1-12(2)14(17)16-10-8-15(9-11-16)13-6-4-3-5-7-13/h3-7,12H,8-11H2,1-2H3. The maximum Gasteiger partial charge on any atom is 0.225 e. The Bertz CT molecular complexity index is 367. The number of rotatable bonds is 2. The van der Waals surface area contributed by atoms with Crippen molar-refractivity contribution < 1.29 is 4.79 Å². The number of para-hydroxylation sites is 1. The van der Waals surface area contributed by atoms with E-state index in [-0.39, 0.29) is 11.8 Å². The largest absolute Gasteiger partial charge is 0.368 e. The first-order valence-corrected chi connectivity index (χ1v) is 6.27. The topological polar surface area (TPSA) is 23.6 Å². The Morgan fingerprint density at radius 1 is 1.06 bits per heavy atom. The van der Waals surface area contributed by atoms with E-state index in [0.29, 0.717) is 0 Å². The molecule has 0 N–H and O–H groups in total. The lowest BCUT2D eigenvalue weighted by atomic mass is 10.1. The van der Waals surface area contributed by atoms with E-state index in [0.717, 1.165) is 26.2 Å². The fraction of sp³-hybridized carbons (Fsp3) is 0.500. The lowest BCUT2D eigenvalue weighted by Crippen LogP contribution is -2.49. The number of hydrogen-bond acceptors (Lipinski definition) is 2. The van der Waals surface area contributed by atoms with Crippen LogP contribution in [0.15, 0.2) is 30.3 Å². The Labute approximate surface area is 103 Å². The van der Waals surface area contributed by atoms with E-state index in [4.69, 9.17) is 0 Å². The molecule has 0 aromatic heterocycles. The molecule has 3 nitrogen and oxygen atoms in total. The highest BCUT2D eigenvalue weighted by Gasteiger charge is 2.22. The van der Waals surface area contributed by atoms with Crippen molar-refractivity contribution in [2.45, 2.75) is 13.8 Å². The second-order valence-corrected chi connectivity index (χ2v) is 4.80. The normalized spacial score (nSPS) is 16.4. The third-order valence-electron chi connectivity index (χ3n) is 3.21. The van der Waals surface area contributed by atoms with Crippen LogP contribution in [0, 0.1) is 5.92 Å². The summed E-state index contributed by atoms with van der Waals surface area (Å²) >= 11 is 0. The van der Waals surface area contributed by atoms with Gasteiger partial charge in [-0.3, -0.25) is 4.79 Å². The number of carbonyl (C=O) groups excluding carboxylic acids is 1. The van der Waals surface area contributed by atoms with Gasteiger partial charge in [0.25, 0.3) is 0 Å². The molecule has 0 spiro atoms. The highest BCUT2D eigenvalue weighted by molar-refractivity contribution is 5.78. The zero-order chi connectivity index (χ0) is 12.3. The molecule has 17 heavy (non-hydrogen) atoms. The highest BCUT2D eigenvalue weighted by Crippen LogP contribution is 2.16. The summed E-state index contributed by atoms with van der Waals surface area (Å²) in [6.45, 7) is 7.47. The van der Waals surface area contributed by atoms with Gasteiger partial charge in [-0.15, -0.1) is 0 Å². The quantitative estimate of drug-likeness (QED) is 0.778. The molecule has 0 aliphatic carbocycles. The van der Waals surface area contributed by atoms with Crippen LogP contribution >= 0.6 is 0 Å². The van der Waals surface area contributed by atoms with Gasteiger partial charge in [-0.25, -0.2) is 0 Å². The maximum absolute atomic E-state index is 11.8. The Balaban J connectivity index is 1.93. The summed E-state index contributed by atoms with van der Waals surface area (Å²) in [4.78, 5) is 16.2. The van der Waals surface area contributed by atoms with Gasteiger partial charge < -0.3 is 9.80 Å². The molecule has 3 heteroatoms. The van der Waals surface area contributed by atoms with Crippen molar-refractivity contribution >= 4 is 11.6 Å². The molecule has 1 aliphatic rings. The van der Waals surface area contributed by atoms with Gasteiger partial charge in [0.1, 0.15) is 0 Å². The predicted octanol–water partition coefficient (Wildman–Crippen LogP) is 1.99. The first-order valence-electron chi connectivity index (χ1n) is 6.27. The molecule has 0 saturated carbocycles. The maximum atomic E-state index is 11.8. The molecule has 92 valence electrons. The smallest absolute Gasteiger partial charge is 0.225 e. The number of hydrogen-bond donors (Lipinski definition) is 0. The molecule has 0 bridgehead atoms. The van der Waals surface area contributed by atoms with Crippen LogP contribution in [0.1, 0.15) is 13.8 Å². The second-order valence-electron chi connectivity index (χ2n) is 4.80. The molecule has 2 rings (SSSR count). The van der Waals surface area contributed by atoms with Crippen LogP contribution < -0.4 is 4.90 Å².